The average molecular weight is 87.1 g/mol. The molecule has 0 spiro atoms. The van der Waals surface area contributed by atoms with Gasteiger partial charge < -0.3 is 0 Å². The first-order valence-corrected chi connectivity index (χ1v) is 1.29. The van der Waals surface area contributed by atoms with Gasteiger partial charge in [0.05, 0.1) is 0 Å². The van der Waals surface area contributed by atoms with Gasteiger partial charge in [-0.2, -0.15) is 0 Å². The maximum absolute atomic E-state index is 9.13. The maximum Gasteiger partial charge on any atom is 0.222 e. The van der Waals surface area contributed by atoms with Crippen LogP contribution in [0.4, 0.5) is 0 Å². The molecule has 6 heavy (non-hydrogen) atoms. The van der Waals surface area contributed by atoms with Crippen LogP contribution in [0.5, 0.6) is 0 Å². The molecule has 0 aromatic rings. The van der Waals surface area contributed by atoms with Gasteiger partial charge in [-0.25, -0.2) is 0 Å². The van der Waals surface area contributed by atoms with Crippen molar-refractivity contribution in [1.29, 1.82) is 0 Å². The van der Waals surface area contributed by atoms with Gasteiger partial charge in [-0.3, -0.25) is 0 Å². The molecule has 0 atom stereocenters. The minimum Gasteiger partial charge on any atom is -0.148 e. The van der Waals surface area contributed by atoms with Crippen LogP contribution in [-0.4, -0.2) is 6.17 Å². The fraction of sp³-hybridized carbons (Fsp3) is 0.500. The van der Waals surface area contributed by atoms with Crippen LogP contribution in [0.15, 0.2) is 10.4 Å². The van der Waals surface area contributed by atoms with Gasteiger partial charge in [0.1, 0.15) is 0 Å². The summed E-state index contributed by atoms with van der Waals surface area (Å²) >= 11 is 0. The molecule has 4 heteroatoms. The first-order valence-electron chi connectivity index (χ1n) is 1.29. The topological polar surface area (TPSA) is 58.9 Å². The number of rotatable bonds is 2. The number of hydrogen-bond acceptors (Lipinski definition) is 4. The Labute approximate surface area is 34.5 Å². The van der Waals surface area contributed by atoms with E-state index in [1.807, 2.05) is 0 Å². The second-order valence-electron chi connectivity index (χ2n) is 0.691. The van der Waals surface area contributed by atoms with E-state index in [1.165, 1.54) is 0 Å². The van der Waals surface area contributed by atoms with E-state index in [2.05, 4.69) is 17.3 Å². The molecule has 0 aliphatic carbocycles. The van der Waals surface area contributed by atoms with E-state index in [4.69, 9.17) is 9.81 Å². The summed E-state index contributed by atoms with van der Waals surface area (Å²) < 4.78 is 0. The Kier molecular flexibility index (Phi) is 2.11. The summed E-state index contributed by atoms with van der Waals surface area (Å²) in [6.07, 6.45) is -1.18. The van der Waals surface area contributed by atoms with Gasteiger partial charge in [0.25, 0.3) is 0 Å². The van der Waals surface area contributed by atoms with E-state index in [-0.39, 0.29) is 0 Å². The Morgan fingerprint density at radius 2 is 1.67 bits per heavy atom. The highest BCUT2D eigenvalue weighted by Gasteiger charge is 1.92. The molecule has 0 bridgehead atoms. The zero-order valence-corrected chi connectivity index (χ0v) is 3.00. The van der Waals surface area contributed by atoms with Gasteiger partial charge in [-0.15, -0.1) is 9.81 Å². The highest BCUT2D eigenvalue weighted by molar-refractivity contribution is 4.60. The quantitative estimate of drug-likeness (QED) is 0.465. The van der Waals surface area contributed by atoms with E-state index < -0.39 is 6.17 Å². The Bertz CT molecular complexity index is 54.6. The highest BCUT2D eigenvalue weighted by atomic mass is 16.3. The molecule has 0 amide bonds. The van der Waals surface area contributed by atoms with Gasteiger partial charge in [0, 0.05) is 6.92 Å². The Morgan fingerprint density at radius 3 is 1.67 bits per heavy atom. The second kappa shape index (κ2) is 2.44. The summed E-state index contributed by atoms with van der Waals surface area (Å²) in [5.74, 6) is 0. The van der Waals surface area contributed by atoms with Crippen molar-refractivity contribution in [2.24, 2.45) is 10.4 Å². The van der Waals surface area contributed by atoms with E-state index in [0.717, 1.165) is 0 Å². The van der Waals surface area contributed by atoms with Crippen molar-refractivity contribution in [1.82, 2.24) is 0 Å². The Hall–Kier alpha value is -0.800. The van der Waals surface area contributed by atoms with Crippen molar-refractivity contribution in [2.45, 2.75) is 6.17 Å². The zero-order chi connectivity index (χ0) is 4.99. The largest absolute Gasteiger partial charge is 0.222 e. The lowest BCUT2D eigenvalue weighted by Crippen LogP contribution is -1.85. The predicted molar refractivity (Wildman–Crippen MR) is 20.7 cm³/mol. The summed E-state index contributed by atoms with van der Waals surface area (Å²) in [5, 5.41) is 4.33. The number of nitrogens with zero attached hydrogens (tertiary/aromatic N) is 2. The van der Waals surface area contributed by atoms with Crippen LogP contribution < -0.4 is 0 Å². The molecule has 0 aromatic carbocycles. The lowest BCUT2D eigenvalue weighted by Gasteiger charge is -1.76. The summed E-state index contributed by atoms with van der Waals surface area (Å²) in [6, 6.07) is 0. The van der Waals surface area contributed by atoms with Gasteiger partial charge in [-0.05, 0) is 10.4 Å². The van der Waals surface area contributed by atoms with E-state index in [9.17, 15) is 0 Å². The van der Waals surface area contributed by atoms with Crippen LogP contribution in [0.25, 0.3) is 0 Å². The molecule has 0 aliphatic heterocycles. The van der Waals surface area contributed by atoms with Crippen LogP contribution in [0.2, 0.25) is 0 Å². The number of nitroso groups, excluding NO2 is 2. The molecule has 0 aromatic heterocycles. The van der Waals surface area contributed by atoms with Crippen LogP contribution in [0, 0.1) is 16.7 Å². The van der Waals surface area contributed by atoms with E-state index in [0.29, 0.717) is 0 Å². The summed E-state index contributed by atoms with van der Waals surface area (Å²) in [4.78, 5) is 18.3. The van der Waals surface area contributed by atoms with E-state index in [1.54, 1.807) is 0 Å². The monoisotopic (exact) mass is 87.0 g/mol. The molecular formula is C2H3N2O2. The smallest absolute Gasteiger partial charge is 0.148 e. The zero-order valence-electron chi connectivity index (χ0n) is 3.00. The Morgan fingerprint density at radius 1 is 1.33 bits per heavy atom. The second-order valence-corrected chi connectivity index (χ2v) is 0.691. The third-order valence-corrected chi connectivity index (χ3v) is 0.243. The maximum atomic E-state index is 9.13. The normalized spacial score (nSPS) is 8.33. The molecule has 0 saturated carbocycles. The first-order chi connectivity index (χ1) is 2.81. The lowest BCUT2D eigenvalue weighted by molar-refractivity contribution is 0.857. The van der Waals surface area contributed by atoms with Gasteiger partial charge in [-0.1, -0.05) is 0 Å². The van der Waals surface area contributed by atoms with Crippen molar-refractivity contribution in [3.8, 4) is 0 Å². The Balaban J connectivity index is 3.21. The van der Waals surface area contributed by atoms with Crippen molar-refractivity contribution in [2.75, 3.05) is 0 Å². The van der Waals surface area contributed by atoms with Gasteiger partial charge in [0.15, 0.2) is 0 Å². The molecule has 0 heterocycles. The van der Waals surface area contributed by atoms with Crippen molar-refractivity contribution in [3.05, 3.63) is 16.7 Å². The third-order valence-electron chi connectivity index (χ3n) is 0.243. The first kappa shape index (κ1) is 5.20. The molecule has 4 nitrogen and oxygen atoms in total. The summed E-state index contributed by atoms with van der Waals surface area (Å²) in [5.41, 5.74) is 0. The van der Waals surface area contributed by atoms with Crippen molar-refractivity contribution >= 4 is 0 Å². The van der Waals surface area contributed by atoms with Crippen LogP contribution in [0.1, 0.15) is 0 Å². The van der Waals surface area contributed by atoms with E-state index >= 15 is 0 Å². The summed E-state index contributed by atoms with van der Waals surface area (Å²) in [6.45, 7) is 2.92. The van der Waals surface area contributed by atoms with Crippen LogP contribution in [0.3, 0.4) is 0 Å². The highest BCUT2D eigenvalue weighted by Crippen LogP contribution is 1.83. The summed E-state index contributed by atoms with van der Waals surface area (Å²) in [7, 11) is 0. The van der Waals surface area contributed by atoms with Crippen molar-refractivity contribution < 1.29 is 0 Å². The molecule has 0 saturated heterocycles. The molecule has 0 rings (SSSR count). The molecule has 0 aliphatic rings. The standard InChI is InChI=1S/C2H3N2O2/c1-2(3-5)4-6/h2H,1H2. The fourth-order valence-electron chi connectivity index (χ4n) is 0.0192. The molecule has 0 fully saturated rings. The molecule has 33 valence electrons. The molecule has 0 N–H and O–H groups in total. The van der Waals surface area contributed by atoms with Gasteiger partial charge >= 0.3 is 0 Å². The third kappa shape index (κ3) is 1.51. The molecule has 1 radical (unpaired) electrons. The lowest BCUT2D eigenvalue weighted by atomic mass is 10.7. The van der Waals surface area contributed by atoms with Gasteiger partial charge in [0.2, 0.25) is 6.17 Å². The molecular weight excluding hydrogens is 84.0 g/mol. The number of hydrogen-bond donors (Lipinski definition) is 0. The molecule has 0 unspecified atom stereocenters. The minimum absolute atomic E-state index is 1.18. The van der Waals surface area contributed by atoms with Crippen molar-refractivity contribution in [3.63, 3.8) is 0 Å². The average Bonchev–Trinajstić information content (AvgIpc) is 1.65. The minimum atomic E-state index is -1.18. The van der Waals surface area contributed by atoms with Crippen LogP contribution >= 0.6 is 0 Å². The fourth-order valence-corrected chi connectivity index (χ4v) is 0.0192. The SMILES string of the molecule is [CH2]C(N=O)N=O. The van der Waals surface area contributed by atoms with Crippen LogP contribution in [-0.2, 0) is 0 Å². The predicted octanol–water partition coefficient (Wildman–Crippen LogP) is 0.679.